The van der Waals surface area contributed by atoms with Gasteiger partial charge in [-0.05, 0) is 43.6 Å². The van der Waals surface area contributed by atoms with E-state index >= 15 is 0 Å². The van der Waals surface area contributed by atoms with Crippen molar-refractivity contribution in [3.05, 3.63) is 0 Å². The summed E-state index contributed by atoms with van der Waals surface area (Å²) in [7, 11) is 0. The largest absolute Gasteiger partial charge is 0.481 e. The van der Waals surface area contributed by atoms with Crippen LogP contribution in [0.5, 0.6) is 0 Å². The molecule has 0 amide bonds. The van der Waals surface area contributed by atoms with Gasteiger partial charge in [-0.15, -0.1) is 0 Å². The zero-order chi connectivity index (χ0) is 11.7. The average molecular weight is 227 g/mol. The standard InChI is InChI=1S/C11H17NO4/c13-8(14)4-3-6-1-2-7-5-12-10(9(6)7)11(15)16/h6-7,9-10,12H,1-5H2,(H,13,14)(H,15,16). The van der Waals surface area contributed by atoms with E-state index in [4.69, 9.17) is 10.2 Å². The molecule has 2 rings (SSSR count). The molecule has 0 aromatic rings. The monoisotopic (exact) mass is 227 g/mol. The fourth-order valence-electron chi connectivity index (χ4n) is 3.29. The minimum Gasteiger partial charge on any atom is -0.481 e. The summed E-state index contributed by atoms with van der Waals surface area (Å²) in [5, 5.41) is 20.8. The van der Waals surface area contributed by atoms with Crippen LogP contribution in [-0.2, 0) is 9.59 Å². The quantitative estimate of drug-likeness (QED) is 0.653. The highest BCUT2D eigenvalue weighted by Gasteiger charge is 2.47. The summed E-state index contributed by atoms with van der Waals surface area (Å²) in [4.78, 5) is 21.6. The summed E-state index contributed by atoms with van der Waals surface area (Å²) in [6.45, 7) is 0.769. The van der Waals surface area contributed by atoms with Crippen molar-refractivity contribution in [2.75, 3.05) is 6.54 Å². The maximum absolute atomic E-state index is 11.0. The lowest BCUT2D eigenvalue weighted by Crippen LogP contribution is -2.38. The molecule has 5 heteroatoms. The third kappa shape index (κ3) is 2.04. The Bertz CT molecular complexity index is 304. The summed E-state index contributed by atoms with van der Waals surface area (Å²) in [5.41, 5.74) is 0. The molecule has 0 aromatic heterocycles. The third-order valence-electron chi connectivity index (χ3n) is 3.98. The van der Waals surface area contributed by atoms with Crippen LogP contribution in [0.25, 0.3) is 0 Å². The molecule has 0 spiro atoms. The summed E-state index contributed by atoms with van der Waals surface area (Å²) in [6, 6.07) is -0.466. The highest BCUT2D eigenvalue weighted by atomic mass is 16.4. The van der Waals surface area contributed by atoms with Gasteiger partial charge in [0.1, 0.15) is 6.04 Å². The zero-order valence-electron chi connectivity index (χ0n) is 9.06. The van der Waals surface area contributed by atoms with E-state index in [0.29, 0.717) is 12.3 Å². The summed E-state index contributed by atoms with van der Waals surface area (Å²) < 4.78 is 0. The van der Waals surface area contributed by atoms with Gasteiger partial charge in [-0.1, -0.05) is 0 Å². The Labute approximate surface area is 93.8 Å². The van der Waals surface area contributed by atoms with Gasteiger partial charge in [0, 0.05) is 6.42 Å². The number of rotatable bonds is 4. The highest BCUT2D eigenvalue weighted by Crippen LogP contribution is 2.44. The topological polar surface area (TPSA) is 86.6 Å². The van der Waals surface area contributed by atoms with Gasteiger partial charge in [-0.2, -0.15) is 0 Å². The SMILES string of the molecule is O=C(O)CCC1CCC2CNC(C(=O)O)C12. The molecule has 3 N–H and O–H groups in total. The first kappa shape index (κ1) is 11.4. The van der Waals surface area contributed by atoms with Crippen molar-refractivity contribution in [1.82, 2.24) is 5.32 Å². The van der Waals surface area contributed by atoms with E-state index in [9.17, 15) is 9.59 Å². The summed E-state index contributed by atoms with van der Waals surface area (Å²) in [6.07, 6.45) is 2.78. The molecule has 1 saturated carbocycles. The fourth-order valence-corrected chi connectivity index (χ4v) is 3.29. The average Bonchev–Trinajstić information content (AvgIpc) is 2.74. The van der Waals surface area contributed by atoms with Crippen LogP contribution in [0.4, 0.5) is 0 Å². The molecular weight excluding hydrogens is 210 g/mol. The number of nitrogens with one attached hydrogen (secondary N) is 1. The first-order valence-electron chi connectivity index (χ1n) is 5.77. The van der Waals surface area contributed by atoms with Crippen molar-refractivity contribution in [2.45, 2.75) is 31.7 Å². The lowest BCUT2D eigenvalue weighted by Gasteiger charge is -2.21. The molecule has 5 nitrogen and oxygen atoms in total. The number of fused-ring (bicyclic) bond motifs is 1. The second-order valence-electron chi connectivity index (χ2n) is 4.83. The van der Waals surface area contributed by atoms with Gasteiger partial charge in [-0.3, -0.25) is 9.59 Å². The first-order valence-corrected chi connectivity index (χ1v) is 5.77. The van der Waals surface area contributed by atoms with Gasteiger partial charge in [0.15, 0.2) is 0 Å². The van der Waals surface area contributed by atoms with E-state index in [0.717, 1.165) is 19.4 Å². The Kier molecular flexibility index (Phi) is 3.14. The normalized spacial score (nSPS) is 37.2. The third-order valence-corrected chi connectivity index (χ3v) is 3.98. The Morgan fingerprint density at radius 2 is 2.00 bits per heavy atom. The molecule has 4 unspecified atom stereocenters. The van der Waals surface area contributed by atoms with Crippen molar-refractivity contribution in [2.24, 2.45) is 17.8 Å². The van der Waals surface area contributed by atoms with Crippen molar-refractivity contribution in [1.29, 1.82) is 0 Å². The van der Waals surface area contributed by atoms with E-state index in [-0.39, 0.29) is 18.3 Å². The Morgan fingerprint density at radius 1 is 1.25 bits per heavy atom. The van der Waals surface area contributed by atoms with Crippen LogP contribution in [0.3, 0.4) is 0 Å². The molecule has 0 aromatic carbocycles. The lowest BCUT2D eigenvalue weighted by molar-refractivity contribution is -0.140. The predicted octanol–water partition coefficient (Wildman–Crippen LogP) is 0.550. The molecule has 1 heterocycles. The van der Waals surface area contributed by atoms with Crippen LogP contribution in [0, 0.1) is 17.8 Å². The van der Waals surface area contributed by atoms with Crippen LogP contribution in [0.2, 0.25) is 0 Å². The lowest BCUT2D eigenvalue weighted by atomic mass is 9.84. The van der Waals surface area contributed by atoms with Gasteiger partial charge in [0.25, 0.3) is 0 Å². The van der Waals surface area contributed by atoms with Gasteiger partial charge >= 0.3 is 11.9 Å². The minimum absolute atomic E-state index is 0.136. The first-order chi connectivity index (χ1) is 7.59. The number of hydrogen-bond donors (Lipinski definition) is 3. The van der Waals surface area contributed by atoms with Gasteiger partial charge in [0.05, 0.1) is 0 Å². The number of carboxylic acids is 2. The Balaban J connectivity index is 1.99. The minimum atomic E-state index is -0.797. The predicted molar refractivity (Wildman–Crippen MR) is 56.0 cm³/mol. The second kappa shape index (κ2) is 4.41. The summed E-state index contributed by atoms with van der Waals surface area (Å²) in [5.74, 6) is -0.759. The van der Waals surface area contributed by atoms with E-state index in [1.165, 1.54) is 0 Å². The van der Waals surface area contributed by atoms with Gasteiger partial charge in [-0.25, -0.2) is 0 Å². The zero-order valence-corrected chi connectivity index (χ0v) is 9.06. The molecule has 4 atom stereocenters. The maximum atomic E-state index is 11.0. The molecule has 2 aliphatic rings. The van der Waals surface area contributed by atoms with E-state index in [2.05, 4.69) is 5.32 Å². The van der Waals surface area contributed by atoms with Crippen molar-refractivity contribution in [3.8, 4) is 0 Å². The van der Waals surface area contributed by atoms with Crippen molar-refractivity contribution in [3.63, 3.8) is 0 Å². The molecule has 1 aliphatic heterocycles. The number of carbonyl (C=O) groups is 2. The molecule has 0 radical (unpaired) electrons. The Hall–Kier alpha value is -1.10. The Morgan fingerprint density at radius 3 is 2.62 bits per heavy atom. The molecule has 0 bridgehead atoms. The number of carboxylic acid groups (broad SMARTS) is 2. The van der Waals surface area contributed by atoms with Crippen molar-refractivity contribution >= 4 is 11.9 Å². The summed E-state index contributed by atoms with van der Waals surface area (Å²) >= 11 is 0. The molecule has 90 valence electrons. The maximum Gasteiger partial charge on any atom is 0.321 e. The van der Waals surface area contributed by atoms with Crippen LogP contribution < -0.4 is 5.32 Å². The number of aliphatic carboxylic acids is 2. The van der Waals surface area contributed by atoms with E-state index in [1.54, 1.807) is 0 Å². The van der Waals surface area contributed by atoms with Gasteiger partial charge in [0.2, 0.25) is 0 Å². The highest BCUT2D eigenvalue weighted by molar-refractivity contribution is 5.74. The van der Waals surface area contributed by atoms with Gasteiger partial charge < -0.3 is 15.5 Å². The van der Waals surface area contributed by atoms with Crippen LogP contribution in [0.1, 0.15) is 25.7 Å². The molecule has 16 heavy (non-hydrogen) atoms. The van der Waals surface area contributed by atoms with Crippen LogP contribution in [-0.4, -0.2) is 34.7 Å². The van der Waals surface area contributed by atoms with Crippen molar-refractivity contribution < 1.29 is 19.8 Å². The van der Waals surface area contributed by atoms with E-state index in [1.807, 2.05) is 0 Å². The number of hydrogen-bond acceptors (Lipinski definition) is 3. The molecule has 1 aliphatic carbocycles. The molecule has 2 fully saturated rings. The van der Waals surface area contributed by atoms with Crippen LogP contribution in [0.15, 0.2) is 0 Å². The molecular formula is C11H17NO4. The smallest absolute Gasteiger partial charge is 0.321 e. The van der Waals surface area contributed by atoms with E-state index < -0.39 is 18.0 Å². The fraction of sp³-hybridized carbons (Fsp3) is 0.818. The van der Waals surface area contributed by atoms with Crippen LogP contribution >= 0.6 is 0 Å². The second-order valence-corrected chi connectivity index (χ2v) is 4.83. The molecule has 1 saturated heterocycles.